The fraction of sp³-hybridized carbons (Fsp3) is 0.333. The molecule has 0 aliphatic rings. The number of benzene rings is 1. The second-order valence-electron chi connectivity index (χ2n) is 2.65. The Labute approximate surface area is 70.7 Å². The van der Waals surface area contributed by atoms with E-state index in [1.807, 2.05) is 6.07 Å². The van der Waals surface area contributed by atoms with Crippen LogP contribution < -0.4 is 5.32 Å². The molecule has 1 aromatic rings. The van der Waals surface area contributed by atoms with Crippen LogP contribution >= 0.6 is 0 Å². The molecule has 0 amide bonds. The average Bonchev–Trinajstić information content (AvgIpc) is 2.07. The molecular weight excluding hydrogens is 150 g/mol. The summed E-state index contributed by atoms with van der Waals surface area (Å²) in [6.45, 7) is 2.26. The van der Waals surface area contributed by atoms with E-state index in [4.69, 9.17) is 0 Å². The monoisotopic (exact) mass is 165 g/mol. The minimum atomic E-state index is 0.167. The molecule has 1 rings (SSSR count). The van der Waals surface area contributed by atoms with Gasteiger partial charge in [0.1, 0.15) is 0 Å². The maximum absolute atomic E-state index is 3.41. The maximum Gasteiger partial charge on any atom is 0.0429 e. The molecule has 0 aliphatic heterocycles. The van der Waals surface area contributed by atoms with Crippen molar-refractivity contribution in [1.82, 2.24) is 0 Å². The van der Waals surface area contributed by atoms with Gasteiger partial charge in [-0.2, -0.15) is 0 Å². The molecule has 0 spiro atoms. The summed E-state index contributed by atoms with van der Waals surface area (Å²) in [7, 11) is 0.167. The molecule has 0 saturated heterocycles. The summed E-state index contributed by atoms with van der Waals surface area (Å²) in [5.41, 5.74) is 1.26. The highest BCUT2D eigenvalue weighted by Gasteiger charge is 1.86. The molecule has 1 aromatic carbocycles. The first-order chi connectivity index (χ1) is 5.43. The summed E-state index contributed by atoms with van der Waals surface area (Å²) < 4.78 is 0. The maximum atomic E-state index is 3.41. The van der Waals surface area contributed by atoms with Crippen molar-refractivity contribution in [3.63, 3.8) is 0 Å². The quantitative estimate of drug-likeness (QED) is 0.528. The lowest BCUT2D eigenvalue weighted by Gasteiger charge is -2.02. The van der Waals surface area contributed by atoms with Crippen molar-refractivity contribution in [2.24, 2.45) is 0 Å². The first kappa shape index (κ1) is 8.33. The molecule has 60 valence electrons. The molecule has 0 saturated carbocycles. The van der Waals surface area contributed by atoms with Crippen molar-refractivity contribution in [1.29, 1.82) is 0 Å². The Hall–Kier alpha value is -0.763. The van der Waals surface area contributed by atoms with Gasteiger partial charge >= 0.3 is 0 Å². The van der Waals surface area contributed by atoms with Crippen LogP contribution in [0.25, 0.3) is 0 Å². The molecule has 0 atom stereocenters. The van der Waals surface area contributed by atoms with Crippen LogP contribution in [0.1, 0.15) is 6.92 Å². The van der Waals surface area contributed by atoms with Gasteiger partial charge < -0.3 is 5.32 Å². The second kappa shape index (κ2) is 4.96. The van der Waals surface area contributed by atoms with Gasteiger partial charge in [0.25, 0.3) is 0 Å². The zero-order chi connectivity index (χ0) is 7.94. The Morgan fingerprint density at radius 3 is 2.64 bits per heavy atom. The van der Waals surface area contributed by atoms with Gasteiger partial charge in [-0.25, -0.2) is 0 Å². The average molecular weight is 165 g/mol. The SMILES string of the molecule is CC[SiH2]CNc1ccccc1. The van der Waals surface area contributed by atoms with Gasteiger partial charge in [0.2, 0.25) is 0 Å². The van der Waals surface area contributed by atoms with Crippen molar-refractivity contribution in [3.8, 4) is 0 Å². The predicted molar refractivity (Wildman–Crippen MR) is 54.0 cm³/mol. The molecule has 1 nitrogen and oxygen atoms in total. The Balaban J connectivity index is 2.28. The third-order valence-electron chi connectivity index (χ3n) is 1.63. The zero-order valence-electron chi connectivity index (χ0n) is 7.01. The summed E-state index contributed by atoms with van der Waals surface area (Å²) in [4.78, 5) is 0. The van der Waals surface area contributed by atoms with Crippen LogP contribution in [0.3, 0.4) is 0 Å². The van der Waals surface area contributed by atoms with Gasteiger partial charge in [-0.1, -0.05) is 31.2 Å². The van der Waals surface area contributed by atoms with Crippen molar-refractivity contribution in [2.75, 3.05) is 11.5 Å². The summed E-state index contributed by atoms with van der Waals surface area (Å²) in [6, 6.07) is 11.8. The number of anilines is 1. The lowest BCUT2D eigenvalue weighted by atomic mass is 10.3. The predicted octanol–water partition coefficient (Wildman–Crippen LogP) is 1.66. The van der Waals surface area contributed by atoms with Crippen molar-refractivity contribution in [2.45, 2.75) is 13.0 Å². The third-order valence-corrected chi connectivity index (χ3v) is 2.94. The molecule has 0 aliphatic carbocycles. The largest absolute Gasteiger partial charge is 0.389 e. The minimum absolute atomic E-state index is 0.167. The van der Waals surface area contributed by atoms with Crippen LogP contribution in [-0.2, 0) is 0 Å². The van der Waals surface area contributed by atoms with E-state index >= 15 is 0 Å². The van der Waals surface area contributed by atoms with Gasteiger partial charge in [0.05, 0.1) is 0 Å². The molecule has 0 heterocycles. The molecule has 2 heteroatoms. The fourth-order valence-corrected chi connectivity index (χ4v) is 1.78. The number of rotatable bonds is 4. The second-order valence-corrected chi connectivity index (χ2v) is 4.85. The molecule has 11 heavy (non-hydrogen) atoms. The van der Waals surface area contributed by atoms with Crippen LogP contribution in [0.5, 0.6) is 0 Å². The van der Waals surface area contributed by atoms with E-state index in [9.17, 15) is 0 Å². The number of nitrogens with one attached hydrogen (secondary N) is 1. The van der Waals surface area contributed by atoms with Crippen LogP contribution in [0.4, 0.5) is 5.69 Å². The van der Waals surface area contributed by atoms with Crippen LogP contribution in [0.2, 0.25) is 6.04 Å². The Morgan fingerprint density at radius 2 is 2.00 bits per heavy atom. The molecule has 0 radical (unpaired) electrons. The van der Waals surface area contributed by atoms with E-state index in [1.54, 1.807) is 0 Å². The van der Waals surface area contributed by atoms with E-state index in [1.165, 1.54) is 17.9 Å². The molecule has 0 bridgehead atoms. The zero-order valence-corrected chi connectivity index (χ0v) is 8.42. The fourth-order valence-electron chi connectivity index (χ4n) is 0.966. The van der Waals surface area contributed by atoms with Gasteiger partial charge in [0, 0.05) is 21.4 Å². The van der Waals surface area contributed by atoms with Gasteiger partial charge in [-0.3, -0.25) is 0 Å². The van der Waals surface area contributed by atoms with E-state index < -0.39 is 0 Å². The molecule has 0 unspecified atom stereocenters. The Morgan fingerprint density at radius 1 is 1.27 bits per heavy atom. The Kier molecular flexibility index (Phi) is 3.76. The molecule has 0 fully saturated rings. The first-order valence-electron chi connectivity index (χ1n) is 4.22. The van der Waals surface area contributed by atoms with Gasteiger partial charge in [0.15, 0.2) is 0 Å². The lowest BCUT2D eigenvalue weighted by Crippen LogP contribution is -2.07. The van der Waals surface area contributed by atoms with E-state index in [0.29, 0.717) is 0 Å². The van der Waals surface area contributed by atoms with Crippen molar-refractivity contribution in [3.05, 3.63) is 30.3 Å². The summed E-state index contributed by atoms with van der Waals surface area (Å²) in [5.74, 6) is 0. The standard InChI is InChI=1S/C9H15NSi/c1-2-11-8-10-9-6-4-3-5-7-9/h3-7,10H,2,8,11H2,1H3. The normalized spacial score (nSPS) is 10.6. The third kappa shape index (κ3) is 3.23. The van der Waals surface area contributed by atoms with E-state index in [-0.39, 0.29) is 9.52 Å². The van der Waals surface area contributed by atoms with Gasteiger partial charge in [-0.05, 0) is 12.1 Å². The number of hydrogen-bond donors (Lipinski definition) is 1. The molecule has 1 N–H and O–H groups in total. The number of hydrogen-bond acceptors (Lipinski definition) is 1. The molecular formula is C9H15NSi. The van der Waals surface area contributed by atoms with Crippen molar-refractivity contribution >= 4 is 15.2 Å². The summed E-state index contributed by atoms with van der Waals surface area (Å²) in [6.07, 6.45) is 1.22. The highest BCUT2D eigenvalue weighted by molar-refractivity contribution is 6.36. The Bertz CT molecular complexity index is 186. The van der Waals surface area contributed by atoms with Crippen LogP contribution in [0, 0.1) is 0 Å². The van der Waals surface area contributed by atoms with Crippen molar-refractivity contribution < 1.29 is 0 Å². The van der Waals surface area contributed by atoms with E-state index in [0.717, 1.165) is 0 Å². The van der Waals surface area contributed by atoms with Crippen LogP contribution in [-0.4, -0.2) is 15.7 Å². The molecule has 0 aromatic heterocycles. The van der Waals surface area contributed by atoms with Crippen LogP contribution in [0.15, 0.2) is 30.3 Å². The van der Waals surface area contributed by atoms with Gasteiger partial charge in [-0.15, -0.1) is 0 Å². The first-order valence-corrected chi connectivity index (χ1v) is 6.22. The highest BCUT2D eigenvalue weighted by atomic mass is 28.2. The highest BCUT2D eigenvalue weighted by Crippen LogP contribution is 2.03. The summed E-state index contributed by atoms with van der Waals surface area (Å²) >= 11 is 0. The number of para-hydroxylation sites is 1. The lowest BCUT2D eigenvalue weighted by molar-refractivity contribution is 1.37. The van der Waals surface area contributed by atoms with E-state index in [2.05, 4.69) is 36.5 Å². The summed E-state index contributed by atoms with van der Waals surface area (Å²) in [5, 5.41) is 3.41. The minimum Gasteiger partial charge on any atom is -0.389 e. The smallest absolute Gasteiger partial charge is 0.0429 e. The topological polar surface area (TPSA) is 12.0 Å².